The Morgan fingerprint density at radius 3 is 2.35 bits per heavy atom. The topological polar surface area (TPSA) is 105 Å². The molecule has 246 valence electrons. The number of anilines is 2. The second-order valence-corrected chi connectivity index (χ2v) is 12.5. The van der Waals surface area contributed by atoms with Gasteiger partial charge >= 0.3 is 5.97 Å². The Labute approximate surface area is 284 Å². The predicted octanol–water partition coefficient (Wildman–Crippen LogP) is 8.39. The van der Waals surface area contributed by atoms with Crippen LogP contribution in [0.1, 0.15) is 66.8 Å². The Hall–Kier alpha value is -5.08. The summed E-state index contributed by atoms with van der Waals surface area (Å²) in [5, 5.41) is 13.6. The number of halogens is 1. The smallest absolute Gasteiger partial charge is 0.303 e. The number of aryl methyl sites for hydroxylation is 1. The van der Waals surface area contributed by atoms with Gasteiger partial charge in [0, 0.05) is 29.1 Å². The van der Waals surface area contributed by atoms with E-state index in [1.165, 1.54) is 0 Å². The van der Waals surface area contributed by atoms with E-state index in [2.05, 4.69) is 29.6 Å². The summed E-state index contributed by atoms with van der Waals surface area (Å²) in [6.45, 7) is 4.55. The van der Waals surface area contributed by atoms with Gasteiger partial charge < -0.3 is 19.9 Å². The van der Waals surface area contributed by atoms with Gasteiger partial charge in [-0.15, -0.1) is 0 Å². The second kappa shape index (κ2) is 14.4. The number of nitrogens with one attached hydrogen (secondary N) is 1. The molecule has 2 unspecified atom stereocenters. The first-order valence-corrected chi connectivity index (χ1v) is 16.5. The molecule has 48 heavy (non-hydrogen) atoms. The number of carboxylic acids is 1. The van der Waals surface area contributed by atoms with Gasteiger partial charge in [0.25, 0.3) is 0 Å². The lowest BCUT2D eigenvalue weighted by Gasteiger charge is -2.35. The van der Waals surface area contributed by atoms with Crippen LogP contribution in [0.3, 0.4) is 0 Å². The number of rotatable bonds is 10. The normalized spacial score (nSPS) is 17.1. The molecule has 2 atom stereocenters. The van der Waals surface area contributed by atoms with Gasteiger partial charge in [0.1, 0.15) is 6.61 Å². The highest BCUT2D eigenvalue weighted by Crippen LogP contribution is 2.48. The molecule has 0 bridgehead atoms. The third-order valence-electron chi connectivity index (χ3n) is 8.75. The number of carbonyl (C=O) groups is 3. The van der Waals surface area contributed by atoms with Crippen LogP contribution in [-0.4, -0.2) is 29.4 Å². The zero-order valence-corrected chi connectivity index (χ0v) is 27.6. The highest BCUT2D eigenvalue weighted by Gasteiger charge is 2.42. The minimum atomic E-state index is -1.07. The summed E-state index contributed by atoms with van der Waals surface area (Å²) in [5.41, 5.74) is 6.25. The maximum Gasteiger partial charge on any atom is 0.303 e. The summed E-state index contributed by atoms with van der Waals surface area (Å²) in [6, 6.07) is 27.6. The molecule has 6 rings (SSSR count). The van der Waals surface area contributed by atoms with Crippen molar-refractivity contribution in [2.24, 2.45) is 0 Å². The van der Waals surface area contributed by atoms with Crippen LogP contribution in [0.25, 0.3) is 0 Å². The number of carbonyl (C=O) groups excluding carboxylic acids is 2. The number of allylic oxidation sites excluding steroid dienone is 1. The molecule has 0 fully saturated rings. The monoisotopic (exact) mass is 664 g/mol. The molecule has 2 N–H and O–H groups in total. The van der Waals surface area contributed by atoms with E-state index in [0.29, 0.717) is 52.1 Å². The molecule has 8 nitrogen and oxygen atoms in total. The lowest BCUT2D eigenvalue weighted by molar-refractivity contribution is -0.138. The van der Waals surface area contributed by atoms with Gasteiger partial charge in [-0.1, -0.05) is 71.8 Å². The van der Waals surface area contributed by atoms with Crippen molar-refractivity contribution in [3.05, 3.63) is 130 Å². The average molecular weight is 665 g/mol. The molecule has 4 aromatic carbocycles. The quantitative estimate of drug-likeness (QED) is 0.175. The van der Waals surface area contributed by atoms with E-state index in [1.54, 1.807) is 23.1 Å². The van der Waals surface area contributed by atoms with E-state index in [9.17, 15) is 19.5 Å². The van der Waals surface area contributed by atoms with Gasteiger partial charge in [-0.2, -0.15) is 0 Å². The van der Waals surface area contributed by atoms with Crippen molar-refractivity contribution in [3.8, 4) is 11.5 Å². The third kappa shape index (κ3) is 7.09. The number of amides is 1. The van der Waals surface area contributed by atoms with Crippen LogP contribution in [0.5, 0.6) is 11.5 Å². The zero-order valence-electron chi connectivity index (χ0n) is 26.9. The fourth-order valence-electron chi connectivity index (χ4n) is 6.41. The summed E-state index contributed by atoms with van der Waals surface area (Å²) in [7, 11) is 0. The highest BCUT2D eigenvalue weighted by atomic mass is 35.5. The first kappa shape index (κ1) is 32.8. The molecule has 0 saturated heterocycles. The molecule has 1 heterocycles. The van der Waals surface area contributed by atoms with Crippen LogP contribution in [-0.2, 0) is 21.0 Å². The SMILES string of the molecule is CCOc1cc(C2C3=C(CC(c4ccc(C)cc4)CC3=O)Nc3ccccc3N2C(=O)CCC(=O)O)ccc1OCc1ccc(Cl)cc1. The van der Waals surface area contributed by atoms with Crippen molar-refractivity contribution in [1.82, 2.24) is 0 Å². The summed E-state index contributed by atoms with van der Waals surface area (Å²) in [5.74, 6) is -0.625. The first-order chi connectivity index (χ1) is 23.2. The van der Waals surface area contributed by atoms with Gasteiger partial charge in [0.05, 0.1) is 30.4 Å². The van der Waals surface area contributed by atoms with Crippen molar-refractivity contribution in [2.45, 2.75) is 58.1 Å². The van der Waals surface area contributed by atoms with E-state index in [0.717, 1.165) is 22.4 Å². The Morgan fingerprint density at radius 2 is 1.62 bits per heavy atom. The van der Waals surface area contributed by atoms with Crippen LogP contribution in [0.2, 0.25) is 5.02 Å². The maximum absolute atomic E-state index is 14.4. The van der Waals surface area contributed by atoms with E-state index in [1.807, 2.05) is 62.4 Å². The number of hydrogen-bond donors (Lipinski definition) is 2. The van der Waals surface area contributed by atoms with Crippen LogP contribution in [0.15, 0.2) is 102 Å². The molecule has 2 aliphatic rings. The molecule has 0 radical (unpaired) electrons. The number of ketones is 1. The number of ether oxygens (including phenoxy) is 2. The molecule has 1 amide bonds. The molecule has 1 aliphatic heterocycles. The average Bonchev–Trinajstić information content (AvgIpc) is 3.22. The standard InChI is InChI=1S/C39H37ClN2O6/c1-3-47-35-22-27(14-17-34(35)48-23-25-10-15-29(40)16-11-25)39-38-31(20-28(21-33(38)43)26-12-8-24(2)9-13-26)41-30-6-4-5-7-32(30)42(39)36(44)18-19-37(45)46/h4-17,22,28,39,41H,3,18-21,23H2,1-2H3,(H,45,46). The van der Waals surface area contributed by atoms with Crippen molar-refractivity contribution < 1.29 is 29.0 Å². The molecule has 9 heteroatoms. The number of fused-ring (bicyclic) bond motifs is 1. The number of nitrogens with zero attached hydrogens (tertiary/aromatic N) is 1. The minimum absolute atomic E-state index is 0.0472. The van der Waals surface area contributed by atoms with E-state index in [-0.39, 0.29) is 37.6 Å². The van der Waals surface area contributed by atoms with E-state index < -0.39 is 17.9 Å². The van der Waals surface area contributed by atoms with E-state index >= 15 is 0 Å². The third-order valence-corrected chi connectivity index (χ3v) is 9.00. The van der Waals surface area contributed by atoms with Crippen LogP contribution in [0.4, 0.5) is 11.4 Å². The minimum Gasteiger partial charge on any atom is -0.490 e. The Kier molecular flexibility index (Phi) is 9.82. The van der Waals surface area contributed by atoms with Crippen molar-refractivity contribution in [3.63, 3.8) is 0 Å². The molecular formula is C39H37ClN2O6. The first-order valence-electron chi connectivity index (χ1n) is 16.1. The number of carboxylic acid groups (broad SMARTS) is 1. The summed E-state index contributed by atoms with van der Waals surface area (Å²) in [4.78, 5) is 41.6. The summed E-state index contributed by atoms with van der Waals surface area (Å²) < 4.78 is 12.2. The molecule has 4 aromatic rings. The largest absolute Gasteiger partial charge is 0.490 e. The van der Waals surface area contributed by atoms with Crippen molar-refractivity contribution in [2.75, 3.05) is 16.8 Å². The van der Waals surface area contributed by atoms with Gasteiger partial charge in [0.2, 0.25) is 5.91 Å². The fraction of sp³-hybridized carbons (Fsp3) is 0.256. The lowest BCUT2D eigenvalue weighted by Crippen LogP contribution is -2.38. The van der Waals surface area contributed by atoms with Crippen LogP contribution < -0.4 is 19.7 Å². The Morgan fingerprint density at radius 1 is 0.896 bits per heavy atom. The van der Waals surface area contributed by atoms with Gasteiger partial charge in [0.15, 0.2) is 17.3 Å². The fourth-order valence-corrected chi connectivity index (χ4v) is 6.54. The summed E-state index contributed by atoms with van der Waals surface area (Å²) >= 11 is 6.05. The highest BCUT2D eigenvalue weighted by molar-refractivity contribution is 6.30. The van der Waals surface area contributed by atoms with Crippen LogP contribution in [0, 0.1) is 6.92 Å². The number of para-hydroxylation sites is 2. The molecule has 1 aliphatic carbocycles. The summed E-state index contributed by atoms with van der Waals surface area (Å²) in [6.07, 6.45) is 0.263. The lowest BCUT2D eigenvalue weighted by atomic mass is 9.78. The number of benzene rings is 4. The molecule has 0 aromatic heterocycles. The molecule has 0 saturated carbocycles. The van der Waals surface area contributed by atoms with Crippen molar-refractivity contribution >= 4 is 40.6 Å². The van der Waals surface area contributed by atoms with Gasteiger partial charge in [-0.3, -0.25) is 19.3 Å². The number of hydrogen-bond acceptors (Lipinski definition) is 6. The molecule has 0 spiro atoms. The number of aliphatic carboxylic acids is 1. The number of Topliss-reactive ketones (excluding diaryl/α,β-unsaturated/α-hetero) is 1. The van der Waals surface area contributed by atoms with E-state index in [4.69, 9.17) is 21.1 Å². The zero-order chi connectivity index (χ0) is 33.8. The Bertz CT molecular complexity index is 1870. The predicted molar refractivity (Wildman–Crippen MR) is 186 cm³/mol. The van der Waals surface area contributed by atoms with Crippen LogP contribution >= 0.6 is 11.6 Å². The molecular weight excluding hydrogens is 628 g/mol. The van der Waals surface area contributed by atoms with Gasteiger partial charge in [-0.05, 0) is 79.3 Å². The maximum atomic E-state index is 14.4. The van der Waals surface area contributed by atoms with Gasteiger partial charge in [-0.25, -0.2) is 0 Å². The second-order valence-electron chi connectivity index (χ2n) is 12.1. The Balaban J connectivity index is 1.46. The van der Waals surface area contributed by atoms with Crippen molar-refractivity contribution in [1.29, 1.82) is 0 Å².